The van der Waals surface area contributed by atoms with Crippen LogP contribution in [0.1, 0.15) is 11.9 Å². The average molecular weight is 292 g/mol. The summed E-state index contributed by atoms with van der Waals surface area (Å²) in [5, 5.41) is 18.0. The van der Waals surface area contributed by atoms with Crippen LogP contribution in [0.25, 0.3) is 11.4 Å². The second-order valence-corrected chi connectivity index (χ2v) is 5.50. The zero-order valence-corrected chi connectivity index (χ0v) is 11.3. The summed E-state index contributed by atoms with van der Waals surface area (Å²) in [7, 11) is 0. The molecule has 0 aliphatic carbocycles. The first-order valence-corrected chi connectivity index (χ1v) is 7.29. The van der Waals surface area contributed by atoms with Crippen LogP contribution >= 0.6 is 11.8 Å². The van der Waals surface area contributed by atoms with Crippen molar-refractivity contribution in [2.45, 2.75) is 6.04 Å². The largest absolute Gasteiger partial charge is 0.337 e. The monoisotopic (exact) mass is 292 g/mol. The molecule has 20 heavy (non-hydrogen) atoms. The van der Waals surface area contributed by atoms with E-state index >= 15 is 0 Å². The standard InChI is InChI=1S/C12H12N4O3S/c17-16(18)9-3-1-2-8(6-9)11-14-12(19-15-11)10-7-20-5-4-13-10/h1-3,6,10,13H,4-5,7H2. The van der Waals surface area contributed by atoms with Crippen LogP contribution in [0.5, 0.6) is 0 Å². The van der Waals surface area contributed by atoms with Crippen molar-refractivity contribution in [1.29, 1.82) is 0 Å². The summed E-state index contributed by atoms with van der Waals surface area (Å²) in [4.78, 5) is 14.7. The fourth-order valence-corrected chi connectivity index (χ4v) is 2.90. The van der Waals surface area contributed by atoms with Gasteiger partial charge in [-0.05, 0) is 0 Å². The van der Waals surface area contributed by atoms with Gasteiger partial charge in [-0.25, -0.2) is 0 Å². The fraction of sp³-hybridized carbons (Fsp3) is 0.333. The summed E-state index contributed by atoms with van der Waals surface area (Å²) in [5.74, 6) is 2.86. The maximum absolute atomic E-state index is 10.8. The summed E-state index contributed by atoms with van der Waals surface area (Å²) >= 11 is 1.83. The molecule has 1 aliphatic heterocycles. The van der Waals surface area contributed by atoms with Crippen molar-refractivity contribution >= 4 is 17.4 Å². The smallest absolute Gasteiger partial charge is 0.270 e. The minimum Gasteiger partial charge on any atom is -0.337 e. The SMILES string of the molecule is O=[N+]([O-])c1cccc(-c2noc(C3CSCCN3)n2)c1. The van der Waals surface area contributed by atoms with E-state index in [-0.39, 0.29) is 11.7 Å². The van der Waals surface area contributed by atoms with Crippen LogP contribution in [0, 0.1) is 10.1 Å². The third-order valence-electron chi connectivity index (χ3n) is 2.98. The molecule has 0 saturated carbocycles. The lowest BCUT2D eigenvalue weighted by Crippen LogP contribution is -2.30. The van der Waals surface area contributed by atoms with Crippen LogP contribution in [0.4, 0.5) is 5.69 Å². The number of nitro benzene ring substituents is 1. The van der Waals surface area contributed by atoms with Gasteiger partial charge in [0, 0.05) is 35.7 Å². The van der Waals surface area contributed by atoms with Crippen molar-refractivity contribution in [3.05, 3.63) is 40.3 Å². The lowest BCUT2D eigenvalue weighted by molar-refractivity contribution is -0.384. The molecule has 2 heterocycles. The Morgan fingerprint density at radius 2 is 2.40 bits per heavy atom. The van der Waals surface area contributed by atoms with Crippen LogP contribution in [-0.4, -0.2) is 33.1 Å². The van der Waals surface area contributed by atoms with Gasteiger partial charge in [0.15, 0.2) is 0 Å². The summed E-state index contributed by atoms with van der Waals surface area (Å²) in [5.41, 5.74) is 0.595. The van der Waals surface area contributed by atoms with Gasteiger partial charge in [-0.1, -0.05) is 17.3 Å². The molecule has 7 nitrogen and oxygen atoms in total. The van der Waals surface area contributed by atoms with Gasteiger partial charge in [0.25, 0.3) is 5.69 Å². The molecule has 0 spiro atoms. The molecular formula is C12H12N4O3S. The number of nitrogens with zero attached hydrogens (tertiary/aromatic N) is 3. The fourth-order valence-electron chi connectivity index (χ4n) is 1.98. The van der Waals surface area contributed by atoms with E-state index in [0.29, 0.717) is 17.3 Å². The minimum absolute atomic E-state index is 0.0141. The van der Waals surface area contributed by atoms with Gasteiger partial charge in [-0.3, -0.25) is 10.1 Å². The first-order chi connectivity index (χ1) is 9.74. The lowest BCUT2D eigenvalue weighted by atomic mass is 10.2. The van der Waals surface area contributed by atoms with E-state index in [0.717, 1.165) is 18.1 Å². The normalized spacial score (nSPS) is 18.9. The molecule has 0 radical (unpaired) electrons. The number of nitrogens with one attached hydrogen (secondary N) is 1. The van der Waals surface area contributed by atoms with E-state index in [1.54, 1.807) is 12.1 Å². The number of rotatable bonds is 3. The molecular weight excluding hydrogens is 280 g/mol. The Balaban J connectivity index is 1.85. The zero-order chi connectivity index (χ0) is 13.9. The van der Waals surface area contributed by atoms with Gasteiger partial charge in [0.1, 0.15) is 0 Å². The molecule has 1 aromatic carbocycles. The van der Waals surface area contributed by atoms with Crippen molar-refractivity contribution in [3.8, 4) is 11.4 Å². The van der Waals surface area contributed by atoms with Crippen molar-refractivity contribution in [3.63, 3.8) is 0 Å². The highest BCUT2D eigenvalue weighted by Crippen LogP contribution is 2.25. The number of hydrogen-bond acceptors (Lipinski definition) is 7. The topological polar surface area (TPSA) is 94.1 Å². The number of aromatic nitrogens is 2. The average Bonchev–Trinajstić information content (AvgIpc) is 2.98. The molecule has 3 rings (SSSR count). The Morgan fingerprint density at radius 3 is 3.15 bits per heavy atom. The number of hydrogen-bond donors (Lipinski definition) is 1. The third kappa shape index (κ3) is 2.66. The van der Waals surface area contributed by atoms with Gasteiger partial charge in [-0.2, -0.15) is 16.7 Å². The number of non-ortho nitro benzene ring substituents is 1. The van der Waals surface area contributed by atoms with Gasteiger partial charge < -0.3 is 9.84 Å². The molecule has 0 amide bonds. The molecule has 1 fully saturated rings. The molecule has 8 heteroatoms. The first-order valence-electron chi connectivity index (χ1n) is 6.13. The Labute approximate surface area is 118 Å². The maximum Gasteiger partial charge on any atom is 0.270 e. The van der Waals surface area contributed by atoms with E-state index in [1.807, 2.05) is 11.8 Å². The van der Waals surface area contributed by atoms with Crippen LogP contribution < -0.4 is 5.32 Å². The van der Waals surface area contributed by atoms with Gasteiger partial charge >= 0.3 is 0 Å². The molecule has 2 aromatic rings. The number of thioether (sulfide) groups is 1. The second-order valence-electron chi connectivity index (χ2n) is 4.35. The van der Waals surface area contributed by atoms with Crippen molar-refractivity contribution in [2.24, 2.45) is 0 Å². The van der Waals surface area contributed by atoms with E-state index in [2.05, 4.69) is 15.5 Å². The van der Waals surface area contributed by atoms with Gasteiger partial charge in [0.05, 0.1) is 11.0 Å². The van der Waals surface area contributed by atoms with Gasteiger partial charge in [0.2, 0.25) is 11.7 Å². The minimum atomic E-state index is -0.441. The Kier molecular flexibility index (Phi) is 3.66. The van der Waals surface area contributed by atoms with Crippen molar-refractivity contribution in [1.82, 2.24) is 15.5 Å². The van der Waals surface area contributed by atoms with E-state index in [1.165, 1.54) is 12.1 Å². The molecule has 1 saturated heterocycles. The van der Waals surface area contributed by atoms with E-state index < -0.39 is 4.92 Å². The van der Waals surface area contributed by atoms with Crippen molar-refractivity contribution in [2.75, 3.05) is 18.1 Å². The number of benzene rings is 1. The molecule has 1 atom stereocenters. The number of nitro groups is 1. The summed E-state index contributed by atoms with van der Waals surface area (Å²) < 4.78 is 5.25. The summed E-state index contributed by atoms with van der Waals surface area (Å²) in [6, 6.07) is 6.26. The Morgan fingerprint density at radius 1 is 1.50 bits per heavy atom. The highest BCUT2D eigenvalue weighted by Gasteiger charge is 2.22. The van der Waals surface area contributed by atoms with E-state index in [4.69, 9.17) is 4.52 Å². The molecule has 1 unspecified atom stereocenters. The van der Waals surface area contributed by atoms with Crippen LogP contribution in [-0.2, 0) is 0 Å². The molecule has 1 aliphatic rings. The van der Waals surface area contributed by atoms with Gasteiger partial charge in [-0.15, -0.1) is 0 Å². The summed E-state index contributed by atoms with van der Waals surface area (Å²) in [6.45, 7) is 0.907. The lowest BCUT2D eigenvalue weighted by Gasteiger charge is -2.19. The van der Waals surface area contributed by atoms with E-state index in [9.17, 15) is 10.1 Å². The molecule has 1 aromatic heterocycles. The molecule has 104 valence electrons. The van der Waals surface area contributed by atoms with Crippen LogP contribution in [0.3, 0.4) is 0 Å². The molecule has 1 N–H and O–H groups in total. The summed E-state index contributed by atoms with van der Waals surface area (Å²) in [6.07, 6.45) is 0. The zero-order valence-electron chi connectivity index (χ0n) is 10.5. The Hall–Kier alpha value is -1.93. The highest BCUT2D eigenvalue weighted by molar-refractivity contribution is 7.99. The molecule has 0 bridgehead atoms. The Bertz CT molecular complexity index is 625. The maximum atomic E-state index is 10.8. The van der Waals surface area contributed by atoms with Crippen molar-refractivity contribution < 1.29 is 9.45 Å². The van der Waals surface area contributed by atoms with Crippen LogP contribution in [0.2, 0.25) is 0 Å². The van der Waals surface area contributed by atoms with Crippen LogP contribution in [0.15, 0.2) is 28.8 Å². The predicted molar refractivity (Wildman–Crippen MR) is 74.5 cm³/mol. The third-order valence-corrected chi connectivity index (χ3v) is 4.04. The first kappa shape index (κ1) is 13.1. The predicted octanol–water partition coefficient (Wildman–Crippen LogP) is 2.02. The highest BCUT2D eigenvalue weighted by atomic mass is 32.2. The quantitative estimate of drug-likeness (QED) is 0.683. The second kappa shape index (κ2) is 5.59.